The zero-order valence-electron chi connectivity index (χ0n) is 12.7. The molecule has 6 nitrogen and oxygen atoms in total. The summed E-state index contributed by atoms with van der Waals surface area (Å²) in [5.41, 5.74) is -0.366. The second-order valence-corrected chi connectivity index (χ2v) is 6.46. The van der Waals surface area contributed by atoms with Crippen LogP contribution in [0.2, 0.25) is 5.02 Å². The third-order valence-corrected chi connectivity index (χ3v) is 3.14. The van der Waals surface area contributed by atoms with Crippen LogP contribution in [0.15, 0.2) is 33.5 Å². The smallest absolute Gasteiger partial charge is 0.437 e. The van der Waals surface area contributed by atoms with Gasteiger partial charge in [-0.1, -0.05) is 32.4 Å². The van der Waals surface area contributed by atoms with Crippen LogP contribution in [0.3, 0.4) is 0 Å². The molecule has 0 saturated heterocycles. The number of hydrogen-bond donors (Lipinski definition) is 1. The molecule has 0 amide bonds. The number of benzene rings is 1. The fourth-order valence-electron chi connectivity index (χ4n) is 1.70. The van der Waals surface area contributed by atoms with Gasteiger partial charge in [0.2, 0.25) is 5.89 Å². The van der Waals surface area contributed by atoms with Crippen molar-refractivity contribution in [1.82, 2.24) is 9.78 Å². The van der Waals surface area contributed by atoms with Crippen LogP contribution in [0.4, 0.5) is 0 Å². The van der Waals surface area contributed by atoms with Crippen molar-refractivity contribution in [3.63, 3.8) is 0 Å². The normalized spacial score (nSPS) is 13.1. The topological polar surface area (TPSA) is 77.5 Å². The molecule has 120 valence electrons. The van der Waals surface area contributed by atoms with Crippen LogP contribution in [-0.2, 0) is 12.0 Å². The quantitative estimate of drug-likeness (QED) is 0.911. The summed E-state index contributed by atoms with van der Waals surface area (Å²) in [6.07, 6.45) is -0.883. The number of aromatic nitrogens is 2. The van der Waals surface area contributed by atoms with Crippen molar-refractivity contribution in [2.24, 2.45) is 0 Å². The minimum atomic E-state index is -0.883. The van der Waals surface area contributed by atoms with E-state index in [2.05, 4.69) is 5.10 Å². The van der Waals surface area contributed by atoms with E-state index < -0.39 is 11.9 Å². The zero-order valence-corrected chi connectivity index (χ0v) is 13.5. The Hall–Kier alpha value is -1.79. The van der Waals surface area contributed by atoms with Crippen LogP contribution >= 0.6 is 11.6 Å². The van der Waals surface area contributed by atoms with E-state index in [0.717, 1.165) is 4.68 Å². The molecule has 0 radical (unpaired) electrons. The monoisotopic (exact) mass is 326 g/mol. The molecule has 1 atom stereocenters. The zero-order chi connectivity index (χ0) is 16.3. The molecular weight excluding hydrogens is 308 g/mol. The molecule has 2 aromatic rings. The summed E-state index contributed by atoms with van der Waals surface area (Å²) in [6.45, 7) is 5.71. The number of halogens is 1. The molecule has 7 heteroatoms. The van der Waals surface area contributed by atoms with E-state index in [1.54, 1.807) is 24.3 Å². The molecule has 0 bridgehead atoms. The third-order valence-electron chi connectivity index (χ3n) is 2.89. The first-order valence-corrected chi connectivity index (χ1v) is 7.28. The Kier molecular flexibility index (Phi) is 4.93. The molecule has 1 aromatic carbocycles. The van der Waals surface area contributed by atoms with E-state index in [0.29, 0.717) is 16.7 Å². The SMILES string of the molecule is CC(C)(C)c1nn(CC(O)COc2ccc(Cl)cc2)c(=O)o1. The summed E-state index contributed by atoms with van der Waals surface area (Å²) < 4.78 is 11.6. The van der Waals surface area contributed by atoms with Crippen molar-refractivity contribution in [3.05, 3.63) is 45.7 Å². The second kappa shape index (κ2) is 6.54. The summed E-state index contributed by atoms with van der Waals surface area (Å²) in [4.78, 5) is 11.7. The highest BCUT2D eigenvalue weighted by Crippen LogP contribution is 2.18. The van der Waals surface area contributed by atoms with Crippen LogP contribution in [0.5, 0.6) is 5.75 Å². The maximum absolute atomic E-state index is 11.7. The van der Waals surface area contributed by atoms with Crippen molar-refractivity contribution >= 4 is 11.6 Å². The van der Waals surface area contributed by atoms with Crippen molar-refractivity contribution in [1.29, 1.82) is 0 Å². The Bertz CT molecular complexity index is 670. The average Bonchev–Trinajstić information content (AvgIpc) is 2.80. The molecule has 1 unspecified atom stereocenters. The Labute approximate surface area is 133 Å². The van der Waals surface area contributed by atoms with Gasteiger partial charge >= 0.3 is 5.76 Å². The predicted molar refractivity (Wildman–Crippen MR) is 82.4 cm³/mol. The molecule has 1 aromatic heterocycles. The van der Waals surface area contributed by atoms with E-state index in [1.165, 1.54) is 0 Å². The molecule has 2 rings (SSSR count). The predicted octanol–water partition coefficient (Wildman–Crippen LogP) is 2.23. The van der Waals surface area contributed by atoms with Crippen molar-refractivity contribution in [3.8, 4) is 5.75 Å². The van der Waals surface area contributed by atoms with Gasteiger partial charge in [-0.25, -0.2) is 4.79 Å². The summed E-state index contributed by atoms with van der Waals surface area (Å²) in [7, 11) is 0. The lowest BCUT2D eigenvalue weighted by molar-refractivity contribution is 0.0875. The molecule has 22 heavy (non-hydrogen) atoms. The van der Waals surface area contributed by atoms with Crippen LogP contribution in [0.25, 0.3) is 0 Å². The van der Waals surface area contributed by atoms with E-state index >= 15 is 0 Å². The van der Waals surface area contributed by atoms with Gasteiger partial charge in [-0.15, -0.1) is 5.10 Å². The van der Waals surface area contributed by atoms with Gasteiger partial charge in [0.05, 0.1) is 6.54 Å². The first-order valence-electron chi connectivity index (χ1n) is 6.90. The largest absolute Gasteiger partial charge is 0.491 e. The van der Waals surface area contributed by atoms with Crippen LogP contribution in [0, 0.1) is 0 Å². The van der Waals surface area contributed by atoms with Gasteiger partial charge < -0.3 is 14.3 Å². The Balaban J connectivity index is 1.94. The van der Waals surface area contributed by atoms with Crippen LogP contribution in [0.1, 0.15) is 26.7 Å². The van der Waals surface area contributed by atoms with Gasteiger partial charge in [0.15, 0.2) is 0 Å². The van der Waals surface area contributed by atoms with Crippen LogP contribution < -0.4 is 10.5 Å². The van der Waals surface area contributed by atoms with Crippen molar-refractivity contribution in [2.45, 2.75) is 38.8 Å². The van der Waals surface area contributed by atoms with E-state index in [-0.39, 0.29) is 18.6 Å². The fourth-order valence-corrected chi connectivity index (χ4v) is 1.83. The van der Waals surface area contributed by atoms with Crippen LogP contribution in [-0.4, -0.2) is 27.6 Å². The summed E-state index contributed by atoms with van der Waals surface area (Å²) in [5.74, 6) is 0.338. The maximum atomic E-state index is 11.7. The summed E-state index contributed by atoms with van der Waals surface area (Å²) in [6, 6.07) is 6.80. The highest BCUT2D eigenvalue weighted by Gasteiger charge is 2.23. The molecule has 1 N–H and O–H groups in total. The molecular formula is C15H19ClN2O4. The number of aliphatic hydroxyl groups is 1. The minimum Gasteiger partial charge on any atom is -0.491 e. The van der Waals surface area contributed by atoms with Gasteiger partial charge in [0.25, 0.3) is 0 Å². The highest BCUT2D eigenvalue weighted by molar-refractivity contribution is 6.30. The van der Waals surface area contributed by atoms with Gasteiger partial charge in [0.1, 0.15) is 18.5 Å². The Morgan fingerprint density at radius 1 is 1.36 bits per heavy atom. The molecule has 0 aliphatic heterocycles. The maximum Gasteiger partial charge on any atom is 0.437 e. The van der Waals surface area contributed by atoms with Gasteiger partial charge in [0, 0.05) is 10.4 Å². The van der Waals surface area contributed by atoms with Gasteiger partial charge in [-0.05, 0) is 24.3 Å². The molecule has 0 spiro atoms. The number of hydrogen-bond acceptors (Lipinski definition) is 5. The lowest BCUT2D eigenvalue weighted by Gasteiger charge is -2.12. The minimum absolute atomic E-state index is 0.00596. The number of aliphatic hydroxyl groups excluding tert-OH is 1. The van der Waals surface area contributed by atoms with Gasteiger partial charge in [-0.2, -0.15) is 4.68 Å². The number of ether oxygens (including phenoxy) is 1. The first kappa shape index (κ1) is 16.6. The molecule has 1 heterocycles. The lowest BCUT2D eigenvalue weighted by Crippen LogP contribution is -2.29. The van der Waals surface area contributed by atoms with Gasteiger partial charge in [-0.3, -0.25) is 0 Å². The van der Waals surface area contributed by atoms with E-state index in [1.807, 2.05) is 20.8 Å². The standard InChI is InChI=1S/C15H19ClN2O4/c1-15(2,3)13-17-18(14(20)22-13)8-11(19)9-21-12-6-4-10(16)5-7-12/h4-7,11,19H,8-9H2,1-3H3. The van der Waals surface area contributed by atoms with Crippen molar-refractivity contribution in [2.75, 3.05) is 6.61 Å². The summed E-state index contributed by atoms with van der Waals surface area (Å²) in [5, 5.41) is 14.7. The Morgan fingerprint density at radius 3 is 2.55 bits per heavy atom. The molecule has 0 aliphatic rings. The van der Waals surface area contributed by atoms with Crippen molar-refractivity contribution < 1.29 is 14.3 Å². The molecule has 0 saturated carbocycles. The summed E-state index contributed by atoms with van der Waals surface area (Å²) >= 11 is 5.78. The van der Waals surface area contributed by atoms with E-state index in [4.69, 9.17) is 20.8 Å². The average molecular weight is 327 g/mol. The fraction of sp³-hybridized carbons (Fsp3) is 0.467. The third kappa shape index (κ3) is 4.35. The lowest BCUT2D eigenvalue weighted by atomic mass is 9.97. The number of rotatable bonds is 5. The van der Waals surface area contributed by atoms with E-state index in [9.17, 15) is 9.90 Å². The molecule has 0 aliphatic carbocycles. The second-order valence-electron chi connectivity index (χ2n) is 6.02. The highest BCUT2D eigenvalue weighted by atomic mass is 35.5. The number of nitrogens with zero attached hydrogens (tertiary/aromatic N) is 2. The first-order chi connectivity index (χ1) is 10.3. The Morgan fingerprint density at radius 2 is 2.00 bits per heavy atom. The molecule has 0 fully saturated rings.